The first-order valence-electron chi connectivity index (χ1n) is 2.92. The summed E-state index contributed by atoms with van der Waals surface area (Å²) < 4.78 is 0. The van der Waals surface area contributed by atoms with Crippen LogP contribution in [-0.2, 0) is 4.79 Å². The van der Waals surface area contributed by atoms with Crippen molar-refractivity contribution in [3.63, 3.8) is 0 Å². The van der Waals surface area contributed by atoms with E-state index in [-0.39, 0.29) is 5.95 Å². The smallest absolute Gasteiger partial charge is 0.269 e. The minimum Gasteiger partial charge on any atom is -0.384 e. The molecule has 7 heteroatoms. The van der Waals surface area contributed by atoms with Crippen LogP contribution < -0.4 is 5.32 Å². The van der Waals surface area contributed by atoms with Crippen molar-refractivity contribution in [1.82, 2.24) is 20.6 Å². The van der Waals surface area contributed by atoms with E-state index in [1.54, 1.807) is 0 Å². The molecule has 0 radical (unpaired) electrons. The molecule has 1 rings (SSSR count). The predicted octanol–water partition coefficient (Wildman–Crippen LogP) is -1.48. The highest BCUT2D eigenvalue weighted by Gasteiger charge is 2.10. The standard InChI is InChI=1S/C4H7N5O2/c1-2(10)3(11)5-4-6-8-9-7-4/h2,10H,1H3,(H2,5,6,7,8,9,11)/t2-/m0/s1. The lowest BCUT2D eigenvalue weighted by molar-refractivity contribution is -0.123. The van der Waals surface area contributed by atoms with Crippen LogP contribution >= 0.6 is 0 Å². The molecule has 60 valence electrons. The van der Waals surface area contributed by atoms with Gasteiger partial charge in [0.2, 0.25) is 0 Å². The van der Waals surface area contributed by atoms with Crippen molar-refractivity contribution in [3.05, 3.63) is 0 Å². The molecule has 3 N–H and O–H groups in total. The molecule has 0 spiro atoms. The lowest BCUT2D eigenvalue weighted by Crippen LogP contribution is -2.25. The fourth-order valence-corrected chi connectivity index (χ4v) is 0.429. The summed E-state index contributed by atoms with van der Waals surface area (Å²) >= 11 is 0. The summed E-state index contributed by atoms with van der Waals surface area (Å²) in [7, 11) is 0. The number of aromatic nitrogens is 4. The van der Waals surface area contributed by atoms with Gasteiger partial charge in [0.1, 0.15) is 6.10 Å². The van der Waals surface area contributed by atoms with Gasteiger partial charge in [0.05, 0.1) is 0 Å². The number of anilines is 1. The quantitative estimate of drug-likeness (QED) is 0.485. The van der Waals surface area contributed by atoms with E-state index in [2.05, 4.69) is 25.9 Å². The molecule has 0 aliphatic carbocycles. The number of amides is 1. The Kier molecular flexibility index (Phi) is 2.12. The number of aromatic amines is 1. The molecule has 1 amide bonds. The predicted molar refractivity (Wildman–Crippen MR) is 34.5 cm³/mol. The first-order valence-corrected chi connectivity index (χ1v) is 2.92. The Morgan fingerprint density at radius 2 is 2.55 bits per heavy atom. The number of carbonyl (C=O) groups is 1. The van der Waals surface area contributed by atoms with Crippen LogP contribution in [0.5, 0.6) is 0 Å². The lowest BCUT2D eigenvalue weighted by Gasteiger charge is -2.00. The van der Waals surface area contributed by atoms with E-state index in [0.29, 0.717) is 0 Å². The summed E-state index contributed by atoms with van der Waals surface area (Å²) in [5.41, 5.74) is 0. The van der Waals surface area contributed by atoms with E-state index in [1.807, 2.05) is 0 Å². The van der Waals surface area contributed by atoms with Gasteiger partial charge in [-0.25, -0.2) is 0 Å². The van der Waals surface area contributed by atoms with Gasteiger partial charge in [-0.05, 0) is 12.1 Å². The van der Waals surface area contributed by atoms with Crippen molar-refractivity contribution >= 4 is 11.9 Å². The number of nitrogens with zero attached hydrogens (tertiary/aromatic N) is 3. The zero-order chi connectivity index (χ0) is 8.27. The average Bonchev–Trinajstić information content (AvgIpc) is 2.39. The highest BCUT2D eigenvalue weighted by molar-refractivity contribution is 5.91. The van der Waals surface area contributed by atoms with Crippen LogP contribution in [0.25, 0.3) is 0 Å². The third-order valence-electron chi connectivity index (χ3n) is 0.960. The first-order chi connectivity index (χ1) is 5.20. The van der Waals surface area contributed by atoms with Crippen LogP contribution in [0, 0.1) is 0 Å². The fourth-order valence-electron chi connectivity index (χ4n) is 0.429. The summed E-state index contributed by atoms with van der Waals surface area (Å²) in [6.07, 6.45) is -1.08. The number of tetrazole rings is 1. The minimum atomic E-state index is -1.08. The number of nitrogens with one attached hydrogen (secondary N) is 2. The molecule has 1 aromatic rings. The highest BCUT2D eigenvalue weighted by Crippen LogP contribution is 1.91. The molecular weight excluding hydrogens is 150 g/mol. The van der Waals surface area contributed by atoms with E-state index in [9.17, 15) is 4.79 Å². The molecule has 11 heavy (non-hydrogen) atoms. The van der Waals surface area contributed by atoms with Gasteiger partial charge in [-0.2, -0.15) is 5.21 Å². The Morgan fingerprint density at radius 3 is 3.00 bits per heavy atom. The largest absolute Gasteiger partial charge is 0.384 e. The molecule has 0 unspecified atom stereocenters. The SMILES string of the molecule is C[C@H](O)C(=O)Nc1nn[nH]n1. The molecule has 0 bridgehead atoms. The van der Waals surface area contributed by atoms with Crippen molar-refractivity contribution in [3.8, 4) is 0 Å². The molecule has 0 saturated carbocycles. The Morgan fingerprint density at radius 1 is 1.82 bits per heavy atom. The van der Waals surface area contributed by atoms with Crippen molar-refractivity contribution in [2.24, 2.45) is 0 Å². The van der Waals surface area contributed by atoms with Gasteiger partial charge < -0.3 is 5.11 Å². The second kappa shape index (κ2) is 3.06. The summed E-state index contributed by atoms with van der Waals surface area (Å²) in [6, 6.07) is 0. The molecule has 1 heterocycles. The Balaban J connectivity index is 2.50. The molecule has 7 nitrogen and oxygen atoms in total. The van der Waals surface area contributed by atoms with Crippen LogP contribution in [-0.4, -0.2) is 37.7 Å². The highest BCUT2D eigenvalue weighted by atomic mass is 16.3. The molecule has 0 aliphatic heterocycles. The first kappa shape index (κ1) is 7.61. The maximum Gasteiger partial charge on any atom is 0.269 e. The summed E-state index contributed by atoms with van der Waals surface area (Å²) in [4.78, 5) is 10.7. The minimum absolute atomic E-state index is 0.0518. The number of H-pyrrole nitrogens is 1. The fraction of sp³-hybridized carbons (Fsp3) is 0.500. The second-order valence-corrected chi connectivity index (χ2v) is 1.90. The molecule has 0 aliphatic rings. The van der Waals surface area contributed by atoms with E-state index in [1.165, 1.54) is 6.92 Å². The molecule has 0 aromatic carbocycles. The van der Waals surface area contributed by atoms with Gasteiger partial charge in [-0.15, -0.1) is 5.10 Å². The monoisotopic (exact) mass is 157 g/mol. The number of rotatable bonds is 2. The van der Waals surface area contributed by atoms with Gasteiger partial charge in [-0.1, -0.05) is 5.10 Å². The van der Waals surface area contributed by atoms with Gasteiger partial charge in [0, 0.05) is 0 Å². The van der Waals surface area contributed by atoms with Crippen LogP contribution in [0.2, 0.25) is 0 Å². The van der Waals surface area contributed by atoms with Crippen LogP contribution in [0.4, 0.5) is 5.95 Å². The lowest BCUT2D eigenvalue weighted by atomic mass is 10.4. The number of aliphatic hydroxyl groups excluding tert-OH is 1. The average molecular weight is 157 g/mol. The maximum absolute atomic E-state index is 10.7. The van der Waals surface area contributed by atoms with Crippen molar-refractivity contribution < 1.29 is 9.90 Å². The Hall–Kier alpha value is -1.50. The third-order valence-corrected chi connectivity index (χ3v) is 0.960. The maximum atomic E-state index is 10.7. The normalized spacial score (nSPS) is 12.5. The van der Waals surface area contributed by atoms with Crippen molar-refractivity contribution in [2.45, 2.75) is 13.0 Å². The number of hydrogen-bond donors (Lipinski definition) is 3. The second-order valence-electron chi connectivity index (χ2n) is 1.90. The Labute approximate surface area is 61.8 Å². The summed E-state index contributed by atoms with van der Waals surface area (Å²) in [6.45, 7) is 1.34. The molecule has 0 fully saturated rings. The van der Waals surface area contributed by atoms with E-state index in [4.69, 9.17) is 5.11 Å². The number of hydrogen-bond acceptors (Lipinski definition) is 5. The summed E-state index contributed by atoms with van der Waals surface area (Å²) in [5, 5.41) is 23.2. The number of carbonyl (C=O) groups excluding carboxylic acids is 1. The van der Waals surface area contributed by atoms with Gasteiger partial charge in [0.25, 0.3) is 11.9 Å². The summed E-state index contributed by atoms with van der Waals surface area (Å²) in [5.74, 6) is -0.512. The van der Waals surface area contributed by atoms with Crippen LogP contribution in [0.3, 0.4) is 0 Å². The van der Waals surface area contributed by atoms with Crippen LogP contribution in [0.1, 0.15) is 6.92 Å². The van der Waals surface area contributed by atoms with Gasteiger partial charge >= 0.3 is 0 Å². The van der Waals surface area contributed by atoms with Gasteiger partial charge in [0.15, 0.2) is 0 Å². The van der Waals surface area contributed by atoms with Gasteiger partial charge in [-0.3, -0.25) is 10.1 Å². The molecule has 1 atom stereocenters. The number of aliphatic hydroxyl groups is 1. The Bertz CT molecular complexity index is 231. The van der Waals surface area contributed by atoms with E-state index in [0.717, 1.165) is 0 Å². The third kappa shape index (κ3) is 1.97. The van der Waals surface area contributed by atoms with Crippen LogP contribution in [0.15, 0.2) is 0 Å². The van der Waals surface area contributed by atoms with Crippen molar-refractivity contribution in [1.29, 1.82) is 0 Å². The molecule has 1 aromatic heterocycles. The van der Waals surface area contributed by atoms with E-state index >= 15 is 0 Å². The topological polar surface area (TPSA) is 104 Å². The zero-order valence-electron chi connectivity index (χ0n) is 5.77. The zero-order valence-corrected chi connectivity index (χ0v) is 5.77. The van der Waals surface area contributed by atoms with Crippen molar-refractivity contribution in [2.75, 3.05) is 5.32 Å². The molecule has 0 saturated heterocycles. The molecular formula is C4H7N5O2. The van der Waals surface area contributed by atoms with E-state index < -0.39 is 12.0 Å².